The summed E-state index contributed by atoms with van der Waals surface area (Å²) in [4.78, 5) is 38.5. The maximum atomic E-state index is 12.5. The minimum Gasteiger partial charge on any atom is -0.459 e. The van der Waals surface area contributed by atoms with E-state index in [0.29, 0.717) is 5.56 Å². The van der Waals surface area contributed by atoms with Gasteiger partial charge in [0.1, 0.15) is 24.4 Å². The number of carbonyl (C=O) groups excluding carboxylic acids is 2. The molecule has 1 heterocycles. The van der Waals surface area contributed by atoms with Gasteiger partial charge in [-0.3, -0.25) is 0 Å². The molecule has 1 aromatic heterocycles. The molecular formula is C22H23N3O6. The highest BCUT2D eigenvalue weighted by Gasteiger charge is 2.25. The number of rotatable bonds is 6. The van der Waals surface area contributed by atoms with E-state index in [-0.39, 0.29) is 18.8 Å². The average molecular weight is 425 g/mol. The molecule has 0 saturated carbocycles. The van der Waals surface area contributed by atoms with Gasteiger partial charge in [0.05, 0.1) is 6.07 Å². The van der Waals surface area contributed by atoms with Crippen molar-refractivity contribution in [1.29, 1.82) is 0 Å². The highest BCUT2D eigenvalue weighted by Crippen LogP contribution is 2.10. The van der Waals surface area contributed by atoms with Crippen molar-refractivity contribution in [3.05, 3.63) is 69.9 Å². The van der Waals surface area contributed by atoms with Crippen LogP contribution in [0.5, 0.6) is 0 Å². The van der Waals surface area contributed by atoms with Crippen LogP contribution in [-0.2, 0) is 20.9 Å². The third-order valence-electron chi connectivity index (χ3n) is 3.67. The van der Waals surface area contributed by atoms with Gasteiger partial charge < -0.3 is 24.9 Å². The number of benzene rings is 1. The molecule has 9 heteroatoms. The van der Waals surface area contributed by atoms with E-state index in [1.807, 2.05) is 18.2 Å². The zero-order valence-electron chi connectivity index (χ0n) is 17.5. The third kappa shape index (κ3) is 8.53. The van der Waals surface area contributed by atoms with Gasteiger partial charge in [0.2, 0.25) is 0 Å². The maximum Gasteiger partial charge on any atom is 0.408 e. The molecule has 2 aromatic rings. The smallest absolute Gasteiger partial charge is 0.408 e. The van der Waals surface area contributed by atoms with Crippen molar-refractivity contribution >= 4 is 17.9 Å². The van der Waals surface area contributed by atoms with Gasteiger partial charge in [-0.2, -0.15) is 0 Å². The first-order valence-electron chi connectivity index (χ1n) is 9.43. The van der Waals surface area contributed by atoms with Gasteiger partial charge in [0.25, 0.3) is 0 Å². The number of nitro groups is 1. The quantitative estimate of drug-likeness (QED) is 0.326. The topological polar surface area (TPSA) is 121 Å². The number of alkyl carbamates (subject to hydrolysis) is 1. The van der Waals surface area contributed by atoms with Crippen molar-refractivity contribution in [2.24, 2.45) is 0 Å². The Morgan fingerprint density at radius 2 is 1.94 bits per heavy atom. The summed E-state index contributed by atoms with van der Waals surface area (Å²) in [7, 11) is 0. The Labute approximate surface area is 179 Å². The van der Waals surface area contributed by atoms with Crippen LogP contribution < -0.4 is 5.32 Å². The van der Waals surface area contributed by atoms with E-state index in [1.54, 1.807) is 32.9 Å². The SMILES string of the molecule is CC(C)(C)OC(=O)NC(CC#Cc1ccnc([N+](=O)[O-])c1)C(=O)OCc1ccccc1. The highest BCUT2D eigenvalue weighted by molar-refractivity contribution is 5.81. The van der Waals surface area contributed by atoms with Gasteiger partial charge in [-0.05, 0) is 42.3 Å². The second-order valence-corrected chi connectivity index (χ2v) is 7.46. The van der Waals surface area contributed by atoms with Gasteiger partial charge in [-0.15, -0.1) is 0 Å². The van der Waals surface area contributed by atoms with E-state index in [0.717, 1.165) is 5.56 Å². The Balaban J connectivity index is 2.09. The molecule has 1 N–H and O–H groups in total. The van der Waals surface area contributed by atoms with Gasteiger partial charge >= 0.3 is 17.9 Å². The van der Waals surface area contributed by atoms with Crippen LogP contribution in [0.2, 0.25) is 0 Å². The number of hydrogen-bond donors (Lipinski definition) is 1. The first-order valence-corrected chi connectivity index (χ1v) is 9.43. The molecule has 0 aliphatic carbocycles. The monoisotopic (exact) mass is 425 g/mol. The highest BCUT2D eigenvalue weighted by atomic mass is 16.6. The molecule has 1 amide bonds. The molecule has 2 rings (SSSR count). The summed E-state index contributed by atoms with van der Waals surface area (Å²) in [6.45, 7) is 5.14. The van der Waals surface area contributed by atoms with Crippen molar-refractivity contribution in [2.45, 2.75) is 45.4 Å². The van der Waals surface area contributed by atoms with Crippen molar-refractivity contribution in [1.82, 2.24) is 10.3 Å². The number of amides is 1. The van der Waals surface area contributed by atoms with E-state index in [4.69, 9.17) is 9.47 Å². The lowest BCUT2D eigenvalue weighted by molar-refractivity contribution is -0.389. The Hall–Kier alpha value is -3.93. The van der Waals surface area contributed by atoms with Crippen LogP contribution in [0.15, 0.2) is 48.7 Å². The minimum absolute atomic E-state index is 0.0378. The normalized spacial score (nSPS) is 11.5. The molecule has 1 atom stereocenters. The van der Waals surface area contributed by atoms with E-state index >= 15 is 0 Å². The van der Waals surface area contributed by atoms with Gasteiger partial charge in [-0.1, -0.05) is 42.2 Å². The summed E-state index contributed by atoms with van der Waals surface area (Å²) in [6.07, 6.45) is 0.408. The number of hydrogen-bond acceptors (Lipinski definition) is 7. The third-order valence-corrected chi connectivity index (χ3v) is 3.67. The molecule has 0 aliphatic heterocycles. The number of nitrogens with one attached hydrogen (secondary N) is 1. The number of aromatic nitrogens is 1. The summed E-state index contributed by atoms with van der Waals surface area (Å²) in [5, 5.41) is 13.3. The molecule has 1 aromatic carbocycles. The minimum atomic E-state index is -1.08. The van der Waals surface area contributed by atoms with Crippen molar-refractivity contribution in [2.75, 3.05) is 0 Å². The summed E-state index contributed by atoms with van der Waals surface area (Å²) in [5.41, 5.74) is 0.405. The molecule has 162 valence electrons. The predicted molar refractivity (Wildman–Crippen MR) is 112 cm³/mol. The zero-order valence-corrected chi connectivity index (χ0v) is 17.5. The van der Waals surface area contributed by atoms with Crippen LogP contribution in [-0.4, -0.2) is 33.6 Å². The average Bonchev–Trinajstić information content (AvgIpc) is 2.71. The predicted octanol–water partition coefficient (Wildman–Crippen LogP) is 3.37. The number of ether oxygens (including phenoxy) is 2. The van der Waals surface area contributed by atoms with E-state index in [9.17, 15) is 19.7 Å². The molecule has 0 spiro atoms. The summed E-state index contributed by atoms with van der Waals surface area (Å²) >= 11 is 0. The van der Waals surface area contributed by atoms with E-state index < -0.39 is 28.6 Å². The number of carbonyl (C=O) groups is 2. The molecule has 0 aliphatic rings. The second-order valence-electron chi connectivity index (χ2n) is 7.46. The number of nitrogens with zero attached hydrogens (tertiary/aromatic N) is 2. The molecular weight excluding hydrogens is 402 g/mol. The van der Waals surface area contributed by atoms with Crippen LogP contribution in [0, 0.1) is 22.0 Å². The zero-order chi connectivity index (χ0) is 22.9. The lowest BCUT2D eigenvalue weighted by Crippen LogP contribution is -2.44. The summed E-state index contributed by atoms with van der Waals surface area (Å²) in [6, 6.07) is 10.7. The molecule has 0 radical (unpaired) electrons. The van der Waals surface area contributed by atoms with Gasteiger partial charge in [-0.25, -0.2) is 9.59 Å². The fourth-order valence-electron chi connectivity index (χ4n) is 2.32. The maximum absolute atomic E-state index is 12.5. The fraction of sp³-hybridized carbons (Fsp3) is 0.318. The Morgan fingerprint density at radius 1 is 1.23 bits per heavy atom. The van der Waals surface area contributed by atoms with Crippen molar-refractivity contribution < 1.29 is 24.0 Å². The Bertz CT molecular complexity index is 990. The van der Waals surface area contributed by atoms with Crippen LogP contribution >= 0.6 is 0 Å². The number of esters is 1. The molecule has 31 heavy (non-hydrogen) atoms. The van der Waals surface area contributed by atoms with Crippen LogP contribution in [0.4, 0.5) is 10.6 Å². The van der Waals surface area contributed by atoms with E-state index in [1.165, 1.54) is 18.3 Å². The first-order chi connectivity index (χ1) is 14.6. The Morgan fingerprint density at radius 3 is 2.58 bits per heavy atom. The molecule has 9 nitrogen and oxygen atoms in total. The molecule has 0 saturated heterocycles. The standard InChI is InChI=1S/C22H23N3O6/c1-22(2,3)31-21(27)24-18(20(26)30-15-17-8-5-4-6-9-17)11-7-10-16-12-13-23-19(14-16)25(28)29/h4-6,8-9,12-14,18H,11,15H2,1-3H3,(H,24,27). The van der Waals surface area contributed by atoms with Crippen LogP contribution in [0.25, 0.3) is 0 Å². The first kappa shape index (κ1) is 23.3. The lowest BCUT2D eigenvalue weighted by Gasteiger charge is -2.22. The van der Waals surface area contributed by atoms with Crippen molar-refractivity contribution in [3.63, 3.8) is 0 Å². The van der Waals surface area contributed by atoms with Crippen LogP contribution in [0.3, 0.4) is 0 Å². The van der Waals surface area contributed by atoms with Crippen LogP contribution in [0.1, 0.15) is 38.3 Å². The molecule has 0 fully saturated rings. The van der Waals surface area contributed by atoms with E-state index in [2.05, 4.69) is 22.1 Å². The summed E-state index contributed by atoms with van der Waals surface area (Å²) < 4.78 is 10.5. The second kappa shape index (κ2) is 10.7. The Kier molecular flexibility index (Phi) is 8.09. The summed E-state index contributed by atoms with van der Waals surface area (Å²) in [5.74, 6) is 4.46. The molecule has 1 unspecified atom stereocenters. The lowest BCUT2D eigenvalue weighted by atomic mass is 10.2. The largest absolute Gasteiger partial charge is 0.459 e. The number of pyridine rings is 1. The molecule has 0 bridgehead atoms. The van der Waals surface area contributed by atoms with Gasteiger partial charge in [0, 0.05) is 12.0 Å². The van der Waals surface area contributed by atoms with Gasteiger partial charge in [0.15, 0.2) is 0 Å². The van der Waals surface area contributed by atoms with Crippen molar-refractivity contribution in [3.8, 4) is 11.8 Å². The fourth-order valence-corrected chi connectivity index (χ4v) is 2.32.